The van der Waals surface area contributed by atoms with Gasteiger partial charge in [-0.3, -0.25) is 9.59 Å². The maximum atomic E-state index is 11.6. The average molecular weight is 361 g/mol. The van der Waals surface area contributed by atoms with Crippen LogP contribution in [0.3, 0.4) is 0 Å². The molecule has 0 fully saturated rings. The lowest BCUT2D eigenvalue weighted by Crippen LogP contribution is -2.37. The molecule has 0 aromatic rings. The summed E-state index contributed by atoms with van der Waals surface area (Å²) in [5.74, 6) is -3.28. The van der Waals surface area contributed by atoms with Crippen molar-refractivity contribution in [1.29, 1.82) is 0 Å². The molecule has 0 unspecified atom stereocenters. The molecule has 9 nitrogen and oxygen atoms in total. The molecule has 0 aromatic carbocycles. The maximum Gasteiger partial charge on any atom is 0.344 e. The first-order valence-electron chi connectivity index (χ1n) is 7.71. The highest BCUT2D eigenvalue weighted by molar-refractivity contribution is 5.85. The van der Waals surface area contributed by atoms with Crippen LogP contribution in [0.15, 0.2) is 0 Å². The highest BCUT2D eigenvalue weighted by Gasteiger charge is 2.24. The Bertz CT molecular complexity index is 501. The van der Waals surface area contributed by atoms with E-state index in [2.05, 4.69) is 9.47 Å². The van der Waals surface area contributed by atoms with Crippen LogP contribution in [0, 0.1) is 0 Å². The molecule has 0 radical (unpaired) electrons. The summed E-state index contributed by atoms with van der Waals surface area (Å²) in [6, 6.07) is -1.33. The first-order chi connectivity index (χ1) is 11.2. The van der Waals surface area contributed by atoms with Gasteiger partial charge in [-0.25, -0.2) is 9.59 Å². The molecule has 25 heavy (non-hydrogen) atoms. The monoisotopic (exact) mass is 361 g/mol. The Kier molecular flexibility index (Phi) is 8.55. The molecule has 0 aromatic heterocycles. The summed E-state index contributed by atoms with van der Waals surface area (Å²) in [5.41, 5.74) is 4.08. The van der Waals surface area contributed by atoms with E-state index >= 15 is 0 Å². The first kappa shape index (κ1) is 22.8. The van der Waals surface area contributed by atoms with E-state index in [-0.39, 0.29) is 0 Å². The summed E-state index contributed by atoms with van der Waals surface area (Å²) in [6.45, 7) is 8.81. The van der Waals surface area contributed by atoms with Gasteiger partial charge in [0.15, 0.2) is 13.2 Å². The highest BCUT2D eigenvalue weighted by Crippen LogP contribution is 2.08. The van der Waals surface area contributed by atoms with Gasteiger partial charge in [0.25, 0.3) is 0 Å². The fourth-order valence-corrected chi connectivity index (χ4v) is 1.44. The topological polar surface area (TPSA) is 131 Å². The third kappa shape index (κ3) is 12.9. The van der Waals surface area contributed by atoms with Gasteiger partial charge in [0.2, 0.25) is 0 Å². The van der Waals surface area contributed by atoms with Gasteiger partial charge in [-0.15, -0.1) is 0 Å². The molecule has 0 bridgehead atoms. The lowest BCUT2D eigenvalue weighted by atomic mass is 10.2. The predicted molar refractivity (Wildman–Crippen MR) is 86.2 cm³/mol. The Morgan fingerprint density at radius 1 is 0.760 bits per heavy atom. The molecule has 9 heteroatoms. The van der Waals surface area contributed by atoms with Crippen molar-refractivity contribution in [1.82, 2.24) is 0 Å². The largest absolute Gasteiger partial charge is 0.457 e. The predicted octanol–water partition coefficient (Wildman–Crippen LogP) is 0.474. The summed E-state index contributed by atoms with van der Waals surface area (Å²) in [5, 5.41) is 0. The van der Waals surface area contributed by atoms with E-state index in [1.807, 2.05) is 0 Å². The number of carbonyl (C=O) groups is 4. The van der Waals surface area contributed by atoms with E-state index < -0.39 is 60.8 Å². The molecule has 0 spiro atoms. The Hall–Kier alpha value is -2.16. The van der Waals surface area contributed by atoms with Crippen LogP contribution in [0.4, 0.5) is 0 Å². The lowest BCUT2D eigenvalue weighted by molar-refractivity contribution is -0.169. The van der Waals surface area contributed by atoms with E-state index in [1.165, 1.54) is 0 Å². The molecule has 0 aliphatic rings. The Morgan fingerprint density at radius 3 is 1.56 bits per heavy atom. The molecule has 1 atom stereocenters. The minimum absolute atomic E-state index is 0.504. The SMILES string of the molecule is CC(C)(C)OC(=O)COC(=O)C[C@H](N)C(=O)OCC(=O)OC(C)(C)C. The Morgan fingerprint density at radius 2 is 1.16 bits per heavy atom. The van der Waals surface area contributed by atoms with Crippen molar-refractivity contribution in [2.24, 2.45) is 5.73 Å². The zero-order valence-electron chi connectivity index (χ0n) is 15.5. The Balaban J connectivity index is 4.16. The third-order valence-electron chi connectivity index (χ3n) is 2.21. The van der Waals surface area contributed by atoms with Gasteiger partial charge in [0.05, 0.1) is 6.42 Å². The number of ether oxygens (including phenoxy) is 4. The first-order valence-corrected chi connectivity index (χ1v) is 7.71. The maximum absolute atomic E-state index is 11.6. The number of esters is 4. The van der Waals surface area contributed by atoms with Crippen molar-refractivity contribution >= 4 is 23.9 Å². The second-order valence-corrected chi connectivity index (χ2v) is 7.25. The molecule has 0 saturated carbocycles. The molecule has 0 amide bonds. The van der Waals surface area contributed by atoms with Gasteiger partial charge in [0.1, 0.15) is 17.2 Å². The van der Waals surface area contributed by atoms with Gasteiger partial charge in [-0.05, 0) is 41.5 Å². The molecule has 0 rings (SSSR count). The summed E-state index contributed by atoms with van der Waals surface area (Å²) in [6.07, 6.45) is -0.504. The fourth-order valence-electron chi connectivity index (χ4n) is 1.44. The zero-order chi connectivity index (χ0) is 19.8. The minimum atomic E-state index is -1.33. The molecule has 144 valence electrons. The van der Waals surface area contributed by atoms with Crippen LogP contribution in [-0.2, 0) is 38.1 Å². The van der Waals surface area contributed by atoms with Crippen LogP contribution < -0.4 is 5.73 Å². The van der Waals surface area contributed by atoms with Crippen molar-refractivity contribution < 1.29 is 38.1 Å². The fraction of sp³-hybridized carbons (Fsp3) is 0.750. The van der Waals surface area contributed by atoms with Gasteiger partial charge < -0.3 is 24.7 Å². The Labute approximate surface area is 147 Å². The van der Waals surface area contributed by atoms with E-state index in [0.717, 1.165) is 0 Å². The number of hydrogen-bond acceptors (Lipinski definition) is 9. The number of hydrogen-bond donors (Lipinski definition) is 1. The molecule has 0 aliphatic heterocycles. The van der Waals surface area contributed by atoms with Crippen molar-refractivity contribution in [2.75, 3.05) is 13.2 Å². The molecular weight excluding hydrogens is 334 g/mol. The normalized spacial score (nSPS) is 12.8. The smallest absolute Gasteiger partial charge is 0.344 e. The van der Waals surface area contributed by atoms with Crippen LogP contribution in [0.2, 0.25) is 0 Å². The molecule has 0 heterocycles. The summed E-state index contributed by atoms with van der Waals surface area (Å²) in [4.78, 5) is 46.0. The summed E-state index contributed by atoms with van der Waals surface area (Å²) in [7, 11) is 0. The van der Waals surface area contributed by atoms with Crippen molar-refractivity contribution in [3.8, 4) is 0 Å². The van der Waals surface area contributed by atoms with Gasteiger partial charge in [-0.2, -0.15) is 0 Å². The van der Waals surface area contributed by atoms with Crippen molar-refractivity contribution in [3.05, 3.63) is 0 Å². The summed E-state index contributed by atoms with van der Waals surface area (Å²) >= 11 is 0. The zero-order valence-corrected chi connectivity index (χ0v) is 15.5. The van der Waals surface area contributed by atoms with Crippen LogP contribution in [0.25, 0.3) is 0 Å². The number of nitrogens with two attached hydrogens (primary N) is 1. The number of rotatable bonds is 7. The van der Waals surface area contributed by atoms with E-state index in [0.29, 0.717) is 0 Å². The van der Waals surface area contributed by atoms with Crippen molar-refractivity contribution in [3.63, 3.8) is 0 Å². The van der Waals surface area contributed by atoms with E-state index in [4.69, 9.17) is 15.2 Å². The van der Waals surface area contributed by atoms with Gasteiger partial charge >= 0.3 is 23.9 Å². The minimum Gasteiger partial charge on any atom is -0.457 e. The van der Waals surface area contributed by atoms with Crippen LogP contribution >= 0.6 is 0 Å². The molecule has 0 saturated heterocycles. The molecular formula is C16H27NO8. The van der Waals surface area contributed by atoms with Crippen LogP contribution in [0.1, 0.15) is 48.0 Å². The quantitative estimate of drug-likeness (QED) is 0.508. The van der Waals surface area contributed by atoms with Crippen LogP contribution in [0.5, 0.6) is 0 Å². The highest BCUT2D eigenvalue weighted by atomic mass is 16.6. The third-order valence-corrected chi connectivity index (χ3v) is 2.21. The van der Waals surface area contributed by atoms with E-state index in [1.54, 1.807) is 41.5 Å². The lowest BCUT2D eigenvalue weighted by Gasteiger charge is -2.20. The molecule has 0 aliphatic carbocycles. The van der Waals surface area contributed by atoms with Crippen molar-refractivity contribution in [2.45, 2.75) is 65.2 Å². The molecule has 2 N–H and O–H groups in total. The van der Waals surface area contributed by atoms with Gasteiger partial charge in [0, 0.05) is 0 Å². The second kappa shape index (κ2) is 9.36. The number of carbonyl (C=O) groups excluding carboxylic acids is 4. The average Bonchev–Trinajstić information content (AvgIpc) is 2.38. The van der Waals surface area contributed by atoms with Crippen LogP contribution in [-0.4, -0.2) is 54.3 Å². The van der Waals surface area contributed by atoms with Gasteiger partial charge in [-0.1, -0.05) is 0 Å². The van der Waals surface area contributed by atoms with E-state index in [9.17, 15) is 19.2 Å². The second-order valence-electron chi connectivity index (χ2n) is 7.25. The standard InChI is InChI=1S/C16H27NO8/c1-15(2,3)24-12(19)8-22-11(18)7-10(17)14(21)23-9-13(20)25-16(4,5)6/h10H,7-9,17H2,1-6H3/t10-/m0/s1. The summed E-state index contributed by atoms with van der Waals surface area (Å²) < 4.78 is 19.2.